The summed E-state index contributed by atoms with van der Waals surface area (Å²) in [6.45, 7) is 6.05. The Hall–Kier alpha value is -3.10. The van der Waals surface area contributed by atoms with Crippen LogP contribution in [-0.2, 0) is 11.2 Å². The van der Waals surface area contributed by atoms with Crippen molar-refractivity contribution in [2.45, 2.75) is 51.0 Å². The number of benzene rings is 2. The number of nitrogens with zero attached hydrogens (tertiary/aromatic N) is 2. The highest BCUT2D eigenvalue weighted by molar-refractivity contribution is 5.94. The molecule has 3 rings (SSSR count). The molecule has 0 bridgehead atoms. The standard InChI is InChI=1S/C26H35N3O5/c1-26(2,3)34-25(32)29-14-13-28(24(31)19-11-8-12-20(16-19)33-4)17-22(29)23(30)21(27)15-18-9-6-5-7-10-18/h5-12,16,21-23,30H,13-15,17,27H2,1-4H3/t21-,22-,23+/m1/s1. The van der Waals surface area contributed by atoms with Crippen LogP contribution in [0.1, 0.15) is 36.7 Å². The molecule has 1 aliphatic heterocycles. The maximum Gasteiger partial charge on any atom is 0.410 e. The fourth-order valence-electron chi connectivity index (χ4n) is 4.06. The molecule has 8 nitrogen and oxygen atoms in total. The van der Waals surface area contributed by atoms with Crippen LogP contribution in [0.4, 0.5) is 4.79 Å². The number of ether oxygens (including phenoxy) is 2. The van der Waals surface area contributed by atoms with Crippen molar-refractivity contribution in [2.75, 3.05) is 26.7 Å². The summed E-state index contributed by atoms with van der Waals surface area (Å²) in [5.74, 6) is 0.385. The molecule has 3 atom stereocenters. The molecular weight excluding hydrogens is 434 g/mol. The smallest absolute Gasteiger partial charge is 0.410 e. The molecule has 1 aliphatic rings. The van der Waals surface area contributed by atoms with E-state index in [1.165, 1.54) is 4.90 Å². The number of methoxy groups -OCH3 is 1. The topological polar surface area (TPSA) is 105 Å². The molecular formula is C26H35N3O5. The van der Waals surface area contributed by atoms with E-state index in [1.807, 2.05) is 30.3 Å². The Balaban J connectivity index is 1.82. The summed E-state index contributed by atoms with van der Waals surface area (Å²) in [6, 6.07) is 15.2. The van der Waals surface area contributed by atoms with Gasteiger partial charge in [0.15, 0.2) is 0 Å². The summed E-state index contributed by atoms with van der Waals surface area (Å²) in [4.78, 5) is 29.3. The zero-order valence-corrected chi connectivity index (χ0v) is 20.3. The second-order valence-electron chi connectivity index (χ2n) is 9.57. The molecule has 3 N–H and O–H groups in total. The molecule has 2 amide bonds. The van der Waals surface area contributed by atoms with E-state index in [0.29, 0.717) is 24.3 Å². The number of nitrogens with two attached hydrogens (primary N) is 1. The molecule has 1 saturated heterocycles. The average molecular weight is 470 g/mol. The SMILES string of the molecule is COc1cccc(C(=O)N2CCN(C(=O)OC(C)(C)C)[C@@H]([C@@H](O)[C@H](N)Cc3ccccc3)C2)c1. The molecule has 1 fully saturated rings. The molecule has 0 spiro atoms. The first-order valence-electron chi connectivity index (χ1n) is 11.5. The minimum absolute atomic E-state index is 0.138. The van der Waals surface area contributed by atoms with Crippen molar-refractivity contribution in [2.24, 2.45) is 5.73 Å². The monoisotopic (exact) mass is 469 g/mol. The summed E-state index contributed by atoms with van der Waals surface area (Å²) in [6.07, 6.45) is -1.16. The van der Waals surface area contributed by atoms with Crippen LogP contribution in [0.25, 0.3) is 0 Å². The number of carbonyl (C=O) groups is 2. The van der Waals surface area contributed by atoms with Gasteiger partial charge < -0.3 is 25.2 Å². The summed E-state index contributed by atoms with van der Waals surface area (Å²) < 4.78 is 10.8. The summed E-state index contributed by atoms with van der Waals surface area (Å²) in [5, 5.41) is 11.2. The fourth-order valence-corrected chi connectivity index (χ4v) is 4.06. The van der Waals surface area contributed by atoms with Gasteiger partial charge in [0.25, 0.3) is 5.91 Å². The Morgan fingerprint density at radius 2 is 1.82 bits per heavy atom. The third-order valence-electron chi connectivity index (χ3n) is 5.80. The highest BCUT2D eigenvalue weighted by Gasteiger charge is 2.40. The molecule has 8 heteroatoms. The van der Waals surface area contributed by atoms with E-state index in [1.54, 1.807) is 57.0 Å². The Morgan fingerprint density at radius 3 is 2.47 bits per heavy atom. The Morgan fingerprint density at radius 1 is 1.12 bits per heavy atom. The summed E-state index contributed by atoms with van der Waals surface area (Å²) in [5.41, 5.74) is 7.17. The van der Waals surface area contributed by atoms with E-state index < -0.39 is 29.9 Å². The summed E-state index contributed by atoms with van der Waals surface area (Å²) >= 11 is 0. The molecule has 0 aromatic heterocycles. The van der Waals surface area contributed by atoms with E-state index in [2.05, 4.69) is 0 Å². The quantitative estimate of drug-likeness (QED) is 0.674. The van der Waals surface area contributed by atoms with Crippen LogP contribution in [0.5, 0.6) is 5.75 Å². The van der Waals surface area contributed by atoms with Crippen LogP contribution >= 0.6 is 0 Å². The molecule has 184 valence electrons. The van der Waals surface area contributed by atoms with Gasteiger partial charge in [0.1, 0.15) is 11.4 Å². The van der Waals surface area contributed by atoms with Crippen LogP contribution in [-0.4, -0.2) is 77.4 Å². The van der Waals surface area contributed by atoms with Gasteiger partial charge in [-0.1, -0.05) is 36.4 Å². The maximum absolute atomic E-state index is 13.2. The number of amides is 2. The minimum Gasteiger partial charge on any atom is -0.497 e. The zero-order chi connectivity index (χ0) is 24.9. The first-order chi connectivity index (χ1) is 16.1. The van der Waals surface area contributed by atoms with Crippen molar-refractivity contribution < 1.29 is 24.2 Å². The Bertz CT molecular complexity index is 976. The molecule has 0 aliphatic carbocycles. The van der Waals surface area contributed by atoms with Gasteiger partial charge in [-0.25, -0.2) is 4.79 Å². The van der Waals surface area contributed by atoms with Gasteiger partial charge in [0.2, 0.25) is 0 Å². The molecule has 2 aromatic carbocycles. The van der Waals surface area contributed by atoms with Gasteiger partial charge in [-0.2, -0.15) is 0 Å². The average Bonchev–Trinajstić information content (AvgIpc) is 2.82. The van der Waals surface area contributed by atoms with Gasteiger partial charge in [-0.3, -0.25) is 9.69 Å². The van der Waals surface area contributed by atoms with Gasteiger partial charge >= 0.3 is 6.09 Å². The first kappa shape index (κ1) is 25.5. The highest BCUT2D eigenvalue weighted by atomic mass is 16.6. The molecule has 34 heavy (non-hydrogen) atoms. The lowest BCUT2D eigenvalue weighted by Gasteiger charge is -2.44. The lowest BCUT2D eigenvalue weighted by molar-refractivity contribution is -0.0341. The predicted molar refractivity (Wildman–Crippen MR) is 130 cm³/mol. The van der Waals surface area contributed by atoms with E-state index >= 15 is 0 Å². The second kappa shape index (κ2) is 10.9. The molecule has 0 unspecified atom stereocenters. The Labute approximate surface area is 201 Å². The predicted octanol–water partition coefficient (Wildman–Crippen LogP) is 2.69. The van der Waals surface area contributed by atoms with Crippen molar-refractivity contribution in [1.29, 1.82) is 0 Å². The molecule has 0 radical (unpaired) electrons. The van der Waals surface area contributed by atoms with Gasteiger partial charge in [-0.05, 0) is 51.0 Å². The number of hydrogen-bond donors (Lipinski definition) is 2. The minimum atomic E-state index is -1.06. The lowest BCUT2D eigenvalue weighted by atomic mass is 9.94. The third kappa shape index (κ3) is 6.48. The van der Waals surface area contributed by atoms with Crippen molar-refractivity contribution in [3.05, 3.63) is 65.7 Å². The number of piperazine rings is 1. The van der Waals surface area contributed by atoms with E-state index in [9.17, 15) is 14.7 Å². The van der Waals surface area contributed by atoms with Crippen molar-refractivity contribution >= 4 is 12.0 Å². The first-order valence-corrected chi connectivity index (χ1v) is 11.5. The van der Waals surface area contributed by atoms with Crippen LogP contribution in [0.2, 0.25) is 0 Å². The fraction of sp³-hybridized carbons (Fsp3) is 0.462. The molecule has 0 saturated carbocycles. The van der Waals surface area contributed by atoms with Gasteiger partial charge in [0, 0.05) is 31.2 Å². The van der Waals surface area contributed by atoms with Crippen molar-refractivity contribution in [3.8, 4) is 5.75 Å². The number of rotatable bonds is 6. The van der Waals surface area contributed by atoms with Crippen LogP contribution < -0.4 is 10.5 Å². The largest absolute Gasteiger partial charge is 0.497 e. The maximum atomic E-state index is 13.2. The highest BCUT2D eigenvalue weighted by Crippen LogP contribution is 2.22. The van der Waals surface area contributed by atoms with Crippen molar-refractivity contribution in [3.63, 3.8) is 0 Å². The second-order valence-corrected chi connectivity index (χ2v) is 9.57. The number of aliphatic hydroxyl groups is 1. The van der Waals surface area contributed by atoms with Crippen LogP contribution in [0.3, 0.4) is 0 Å². The van der Waals surface area contributed by atoms with Crippen molar-refractivity contribution in [1.82, 2.24) is 9.80 Å². The summed E-state index contributed by atoms with van der Waals surface area (Å²) in [7, 11) is 1.55. The number of aliphatic hydroxyl groups excluding tert-OH is 1. The molecule has 2 aromatic rings. The molecule has 1 heterocycles. The van der Waals surface area contributed by atoms with Gasteiger partial charge in [0.05, 0.1) is 19.3 Å². The third-order valence-corrected chi connectivity index (χ3v) is 5.80. The Kier molecular flexibility index (Phi) is 8.17. The van der Waals surface area contributed by atoms with E-state index in [0.717, 1.165) is 5.56 Å². The van der Waals surface area contributed by atoms with Crippen LogP contribution in [0, 0.1) is 0 Å². The lowest BCUT2D eigenvalue weighted by Crippen LogP contribution is -2.64. The number of carbonyl (C=O) groups excluding carboxylic acids is 2. The van der Waals surface area contributed by atoms with E-state index in [4.69, 9.17) is 15.2 Å². The number of hydrogen-bond acceptors (Lipinski definition) is 6. The van der Waals surface area contributed by atoms with Gasteiger partial charge in [-0.15, -0.1) is 0 Å². The normalized spacial score (nSPS) is 18.2. The van der Waals surface area contributed by atoms with E-state index in [-0.39, 0.29) is 19.0 Å². The van der Waals surface area contributed by atoms with Crippen LogP contribution in [0.15, 0.2) is 54.6 Å². The zero-order valence-electron chi connectivity index (χ0n) is 20.3.